The maximum absolute atomic E-state index is 11.2. The number of nitrogens with zero attached hydrogens (tertiary/aromatic N) is 1. The number of carbonyl (C=O) groups is 3. The molecular weight excluding hydrogens is 327 g/mol. The molecule has 0 unspecified atom stereocenters. The van der Waals surface area contributed by atoms with Gasteiger partial charge in [-0.25, -0.2) is 0 Å². The van der Waals surface area contributed by atoms with Gasteiger partial charge in [-0.3, -0.25) is 9.59 Å². The van der Waals surface area contributed by atoms with Crippen LogP contribution >= 0.6 is 0 Å². The van der Waals surface area contributed by atoms with Gasteiger partial charge < -0.3 is 26.1 Å². The molecule has 107 valence electrons. The molecule has 0 aromatic heterocycles. The molecule has 0 saturated heterocycles. The molecule has 0 saturated carbocycles. The van der Waals surface area contributed by atoms with Gasteiger partial charge in [-0.15, -0.1) is 0 Å². The molecule has 1 radical (unpaired) electrons. The second kappa shape index (κ2) is 12.4. The molecule has 0 aliphatic heterocycles. The average Bonchev–Trinajstić information content (AvgIpc) is 2.35. The monoisotopic (exact) mass is 347 g/mol. The molecular formula is C12H20NO5Y-. The van der Waals surface area contributed by atoms with Crippen molar-refractivity contribution >= 4 is 17.8 Å². The molecule has 0 N–H and O–H groups in total. The van der Waals surface area contributed by atoms with E-state index < -0.39 is 5.91 Å². The molecule has 0 rings (SSSR count). The van der Waals surface area contributed by atoms with Crippen LogP contribution in [0, 0.1) is 6.92 Å². The van der Waals surface area contributed by atoms with Gasteiger partial charge in [-0.2, -0.15) is 0 Å². The van der Waals surface area contributed by atoms with Crippen molar-refractivity contribution in [3.05, 3.63) is 6.92 Å². The molecule has 0 fully saturated rings. The van der Waals surface area contributed by atoms with Crippen LogP contribution in [-0.4, -0.2) is 49.0 Å². The number of amides is 1. The van der Waals surface area contributed by atoms with Crippen molar-refractivity contribution in [2.75, 3.05) is 26.3 Å². The maximum Gasteiger partial charge on any atom is 0.305 e. The van der Waals surface area contributed by atoms with E-state index in [1.54, 1.807) is 13.8 Å². The molecule has 19 heavy (non-hydrogen) atoms. The molecule has 7 heteroatoms. The van der Waals surface area contributed by atoms with Gasteiger partial charge in [0.25, 0.3) is 0 Å². The van der Waals surface area contributed by atoms with Gasteiger partial charge in [0.15, 0.2) is 0 Å². The zero-order chi connectivity index (χ0) is 14.0. The average molecular weight is 347 g/mol. The summed E-state index contributed by atoms with van der Waals surface area (Å²) < 4.78 is 9.70. The fourth-order valence-corrected chi connectivity index (χ4v) is 1.10. The summed E-state index contributed by atoms with van der Waals surface area (Å²) in [7, 11) is 0. The molecule has 1 amide bonds. The van der Waals surface area contributed by atoms with E-state index >= 15 is 0 Å². The fraction of sp³-hybridized carbons (Fsp3) is 0.667. The first-order valence-electron chi connectivity index (χ1n) is 5.93. The first kappa shape index (κ1) is 20.7. The molecule has 6 nitrogen and oxygen atoms in total. The van der Waals surface area contributed by atoms with E-state index in [-0.39, 0.29) is 71.0 Å². The van der Waals surface area contributed by atoms with Crippen LogP contribution in [0.3, 0.4) is 0 Å². The third-order valence-electron chi connectivity index (χ3n) is 2.18. The van der Waals surface area contributed by atoms with Crippen molar-refractivity contribution < 1.29 is 56.6 Å². The van der Waals surface area contributed by atoms with Crippen molar-refractivity contribution in [3.63, 3.8) is 0 Å². The third-order valence-corrected chi connectivity index (χ3v) is 2.18. The summed E-state index contributed by atoms with van der Waals surface area (Å²) in [6.45, 7) is 7.40. The van der Waals surface area contributed by atoms with Gasteiger partial charge in [-0.05, 0) is 0 Å². The van der Waals surface area contributed by atoms with E-state index in [1.807, 2.05) is 0 Å². The molecule has 0 aliphatic rings. The number of hydrogen-bond acceptors (Lipinski definition) is 5. The number of hydrogen-bond donors (Lipinski definition) is 0. The molecule has 0 aromatic rings. The van der Waals surface area contributed by atoms with E-state index in [9.17, 15) is 14.4 Å². The Morgan fingerprint density at radius 2 is 1.32 bits per heavy atom. The summed E-state index contributed by atoms with van der Waals surface area (Å²) in [6.07, 6.45) is 0.596. The SMILES string of the molecule is [CH2-]C(=O)N(CCOC(=O)CC)CCOC(=O)CC.[Y]. The summed E-state index contributed by atoms with van der Waals surface area (Å²) in [6, 6.07) is 0. The van der Waals surface area contributed by atoms with E-state index in [0.717, 1.165) is 0 Å². The van der Waals surface area contributed by atoms with Crippen molar-refractivity contribution in [2.24, 2.45) is 0 Å². The summed E-state index contributed by atoms with van der Waals surface area (Å²) in [5.41, 5.74) is 0. The molecule has 0 aromatic carbocycles. The standard InChI is InChI=1S/C12H20NO5.Y/c1-4-11(15)17-8-6-13(10(3)14)7-9-18-12(16)5-2;/h3-9H2,1-2H3;/q-1;. The largest absolute Gasteiger partial charge is 0.464 e. The van der Waals surface area contributed by atoms with Crippen molar-refractivity contribution in [1.29, 1.82) is 0 Å². The molecule has 0 heterocycles. The Labute approximate surface area is 139 Å². The van der Waals surface area contributed by atoms with E-state index in [4.69, 9.17) is 9.47 Å². The van der Waals surface area contributed by atoms with E-state index in [2.05, 4.69) is 6.92 Å². The molecule has 0 aliphatic carbocycles. The smallest absolute Gasteiger partial charge is 0.305 e. The first-order chi connectivity index (χ1) is 8.51. The zero-order valence-electron chi connectivity index (χ0n) is 11.5. The van der Waals surface area contributed by atoms with E-state index in [0.29, 0.717) is 12.8 Å². The van der Waals surface area contributed by atoms with Crippen LogP contribution in [0.4, 0.5) is 0 Å². The van der Waals surface area contributed by atoms with Gasteiger partial charge in [0.1, 0.15) is 13.2 Å². The molecule has 0 bridgehead atoms. The Morgan fingerprint density at radius 3 is 1.58 bits per heavy atom. The Bertz CT molecular complexity index is 274. The minimum absolute atomic E-state index is 0. The first-order valence-corrected chi connectivity index (χ1v) is 5.93. The van der Waals surface area contributed by atoms with Gasteiger partial charge in [0.05, 0.1) is 19.0 Å². The Kier molecular flexibility index (Phi) is 13.5. The quantitative estimate of drug-likeness (QED) is 0.474. The zero-order valence-corrected chi connectivity index (χ0v) is 14.4. The van der Waals surface area contributed by atoms with Crippen molar-refractivity contribution in [3.8, 4) is 0 Å². The predicted molar refractivity (Wildman–Crippen MR) is 64.4 cm³/mol. The van der Waals surface area contributed by atoms with Crippen LogP contribution in [0.5, 0.6) is 0 Å². The molecule has 0 atom stereocenters. The van der Waals surface area contributed by atoms with Gasteiger partial charge in [0.2, 0.25) is 0 Å². The second-order valence-electron chi connectivity index (χ2n) is 3.53. The predicted octanol–water partition coefficient (Wildman–Crippen LogP) is 0.553. The minimum atomic E-state index is -0.393. The van der Waals surface area contributed by atoms with Crippen LogP contribution in [0.2, 0.25) is 0 Å². The number of rotatable bonds is 8. The van der Waals surface area contributed by atoms with Gasteiger partial charge in [-0.1, -0.05) is 13.8 Å². The van der Waals surface area contributed by atoms with Crippen LogP contribution in [0.15, 0.2) is 0 Å². The topological polar surface area (TPSA) is 72.9 Å². The fourth-order valence-electron chi connectivity index (χ4n) is 1.10. The maximum atomic E-state index is 11.2. The van der Waals surface area contributed by atoms with Crippen molar-refractivity contribution in [1.82, 2.24) is 4.90 Å². The number of ether oxygens (including phenoxy) is 2. The van der Waals surface area contributed by atoms with Crippen LogP contribution in [-0.2, 0) is 56.6 Å². The van der Waals surface area contributed by atoms with E-state index in [1.165, 1.54) is 4.90 Å². The molecule has 0 spiro atoms. The Balaban J connectivity index is 0. The third kappa shape index (κ3) is 10.9. The summed E-state index contributed by atoms with van der Waals surface area (Å²) >= 11 is 0. The van der Waals surface area contributed by atoms with Crippen LogP contribution < -0.4 is 0 Å². The van der Waals surface area contributed by atoms with Crippen molar-refractivity contribution in [2.45, 2.75) is 26.7 Å². The Hall–Kier alpha value is -0.616. The Morgan fingerprint density at radius 1 is 0.947 bits per heavy atom. The second-order valence-corrected chi connectivity index (χ2v) is 3.53. The summed E-state index contributed by atoms with van der Waals surface area (Å²) in [5.74, 6) is -1.03. The summed E-state index contributed by atoms with van der Waals surface area (Å²) in [4.78, 5) is 34.3. The van der Waals surface area contributed by atoms with Gasteiger partial charge >= 0.3 is 11.9 Å². The normalized spacial score (nSPS) is 9.16. The minimum Gasteiger partial charge on any atom is -0.464 e. The van der Waals surface area contributed by atoms with Gasteiger partial charge in [0, 0.05) is 45.6 Å². The van der Waals surface area contributed by atoms with Crippen LogP contribution in [0.25, 0.3) is 0 Å². The van der Waals surface area contributed by atoms with Crippen LogP contribution in [0.1, 0.15) is 26.7 Å². The number of esters is 2. The number of carbonyl (C=O) groups excluding carboxylic acids is 3. The summed E-state index contributed by atoms with van der Waals surface area (Å²) in [5, 5.41) is 0.